The standard InChI is InChI=1S/C15H19ClN2O2/c1-17-15(20)14(11-2-4-12(16)5-3-11)10-18-8-6-13(19)7-9-18/h2-5,13-14,19H,1,6-10H2. The van der Waals surface area contributed by atoms with Gasteiger partial charge in [0.15, 0.2) is 0 Å². The highest BCUT2D eigenvalue weighted by molar-refractivity contribution is 6.30. The van der Waals surface area contributed by atoms with E-state index in [2.05, 4.69) is 16.6 Å². The molecule has 1 fully saturated rings. The molecule has 1 heterocycles. The van der Waals surface area contributed by atoms with Gasteiger partial charge in [-0.3, -0.25) is 4.79 Å². The first-order valence-corrected chi connectivity index (χ1v) is 7.14. The number of hydrogen-bond acceptors (Lipinski definition) is 3. The number of carbonyl (C=O) groups excluding carboxylic acids is 1. The molecule has 1 aliphatic heterocycles. The lowest BCUT2D eigenvalue weighted by molar-refractivity contribution is -0.119. The Kier molecular flexibility index (Phi) is 5.29. The lowest BCUT2D eigenvalue weighted by Gasteiger charge is -2.31. The van der Waals surface area contributed by atoms with E-state index in [1.807, 2.05) is 12.1 Å². The lowest BCUT2D eigenvalue weighted by atomic mass is 9.96. The molecule has 4 nitrogen and oxygen atoms in total. The van der Waals surface area contributed by atoms with Gasteiger partial charge in [0.25, 0.3) is 5.91 Å². The number of hydrogen-bond donors (Lipinski definition) is 1. The Morgan fingerprint density at radius 3 is 2.55 bits per heavy atom. The van der Waals surface area contributed by atoms with Crippen molar-refractivity contribution >= 4 is 24.2 Å². The number of rotatable bonds is 4. The minimum atomic E-state index is -0.319. The van der Waals surface area contributed by atoms with Gasteiger partial charge in [0, 0.05) is 24.7 Å². The topological polar surface area (TPSA) is 52.9 Å². The number of aliphatic hydroxyl groups is 1. The third-order valence-electron chi connectivity index (χ3n) is 3.72. The van der Waals surface area contributed by atoms with E-state index in [1.165, 1.54) is 0 Å². The molecule has 1 aromatic carbocycles. The van der Waals surface area contributed by atoms with Crippen LogP contribution in [0.2, 0.25) is 5.02 Å². The molecule has 5 heteroatoms. The van der Waals surface area contributed by atoms with Crippen molar-refractivity contribution < 1.29 is 9.90 Å². The van der Waals surface area contributed by atoms with Crippen LogP contribution in [-0.4, -0.2) is 48.4 Å². The second kappa shape index (κ2) is 6.97. The first-order valence-electron chi connectivity index (χ1n) is 6.76. The fourth-order valence-electron chi connectivity index (χ4n) is 2.49. The number of aliphatic hydroxyl groups excluding tert-OH is 1. The van der Waals surface area contributed by atoms with Crippen molar-refractivity contribution in [1.29, 1.82) is 0 Å². The first kappa shape index (κ1) is 15.2. The van der Waals surface area contributed by atoms with E-state index in [-0.39, 0.29) is 17.9 Å². The summed E-state index contributed by atoms with van der Waals surface area (Å²) in [7, 11) is 0. The molecule has 1 N–H and O–H groups in total. The molecule has 0 spiro atoms. The smallest absolute Gasteiger partial charge is 0.253 e. The Balaban J connectivity index is 2.09. The maximum Gasteiger partial charge on any atom is 0.253 e. The zero-order valence-corrected chi connectivity index (χ0v) is 12.1. The maximum absolute atomic E-state index is 12.0. The van der Waals surface area contributed by atoms with E-state index < -0.39 is 0 Å². The van der Waals surface area contributed by atoms with Crippen LogP contribution < -0.4 is 0 Å². The van der Waals surface area contributed by atoms with Crippen molar-refractivity contribution in [2.45, 2.75) is 24.9 Å². The van der Waals surface area contributed by atoms with E-state index in [4.69, 9.17) is 11.6 Å². The Morgan fingerprint density at radius 1 is 1.40 bits per heavy atom. The normalized spacial score (nSPS) is 18.7. The van der Waals surface area contributed by atoms with E-state index in [0.29, 0.717) is 11.6 Å². The molecule has 2 rings (SSSR count). The Morgan fingerprint density at radius 2 is 2.00 bits per heavy atom. The summed E-state index contributed by atoms with van der Waals surface area (Å²) in [5, 5.41) is 10.2. The van der Waals surface area contributed by atoms with Crippen LogP contribution in [0.15, 0.2) is 29.3 Å². The number of amides is 1. The Hall–Kier alpha value is -1.23. The molecule has 1 atom stereocenters. The number of carbonyl (C=O) groups is 1. The highest BCUT2D eigenvalue weighted by atomic mass is 35.5. The predicted molar refractivity (Wildman–Crippen MR) is 80.4 cm³/mol. The van der Waals surface area contributed by atoms with E-state index in [1.54, 1.807) is 12.1 Å². The SMILES string of the molecule is C=NC(=O)C(CN1CCC(O)CC1)c1ccc(Cl)cc1. The second-order valence-corrected chi connectivity index (χ2v) is 5.57. The van der Waals surface area contributed by atoms with Gasteiger partial charge in [0.1, 0.15) is 0 Å². The zero-order valence-electron chi connectivity index (χ0n) is 11.3. The fraction of sp³-hybridized carbons (Fsp3) is 0.467. The number of benzene rings is 1. The van der Waals surface area contributed by atoms with Crippen LogP contribution in [0.25, 0.3) is 0 Å². The summed E-state index contributed by atoms with van der Waals surface area (Å²) in [5.74, 6) is -0.543. The summed E-state index contributed by atoms with van der Waals surface area (Å²) in [6.07, 6.45) is 1.29. The molecule has 1 unspecified atom stereocenters. The zero-order chi connectivity index (χ0) is 14.5. The van der Waals surface area contributed by atoms with Crippen LogP contribution in [0.5, 0.6) is 0 Å². The van der Waals surface area contributed by atoms with Gasteiger partial charge >= 0.3 is 0 Å². The molecule has 0 bridgehead atoms. The van der Waals surface area contributed by atoms with E-state index in [9.17, 15) is 9.90 Å². The van der Waals surface area contributed by atoms with Crippen molar-refractivity contribution in [3.8, 4) is 0 Å². The fourth-order valence-corrected chi connectivity index (χ4v) is 2.62. The van der Waals surface area contributed by atoms with Gasteiger partial charge in [0.2, 0.25) is 0 Å². The summed E-state index contributed by atoms with van der Waals surface area (Å²) in [5.41, 5.74) is 0.901. The summed E-state index contributed by atoms with van der Waals surface area (Å²) >= 11 is 5.88. The molecule has 1 saturated heterocycles. The van der Waals surface area contributed by atoms with Crippen molar-refractivity contribution in [2.75, 3.05) is 19.6 Å². The third kappa shape index (κ3) is 3.88. The molecule has 20 heavy (non-hydrogen) atoms. The summed E-state index contributed by atoms with van der Waals surface area (Å²) in [6.45, 7) is 5.55. The summed E-state index contributed by atoms with van der Waals surface area (Å²) in [6, 6.07) is 7.27. The Bertz CT molecular complexity index is 467. The Labute approximate surface area is 124 Å². The van der Waals surface area contributed by atoms with Crippen molar-refractivity contribution in [2.24, 2.45) is 4.99 Å². The van der Waals surface area contributed by atoms with Gasteiger partial charge in [-0.25, -0.2) is 4.99 Å². The van der Waals surface area contributed by atoms with Crippen LogP contribution in [0.3, 0.4) is 0 Å². The van der Waals surface area contributed by atoms with Crippen LogP contribution in [0.1, 0.15) is 24.3 Å². The molecular formula is C15H19ClN2O2. The van der Waals surface area contributed by atoms with Crippen molar-refractivity contribution in [3.63, 3.8) is 0 Å². The molecule has 0 aromatic heterocycles. The highest BCUT2D eigenvalue weighted by Crippen LogP contribution is 2.23. The van der Waals surface area contributed by atoms with Gasteiger partial charge in [-0.1, -0.05) is 23.7 Å². The number of halogens is 1. The maximum atomic E-state index is 12.0. The first-order chi connectivity index (χ1) is 9.60. The van der Waals surface area contributed by atoms with E-state index in [0.717, 1.165) is 31.5 Å². The molecular weight excluding hydrogens is 276 g/mol. The van der Waals surface area contributed by atoms with Crippen molar-refractivity contribution in [1.82, 2.24) is 4.90 Å². The number of likely N-dealkylation sites (tertiary alicyclic amines) is 1. The van der Waals surface area contributed by atoms with Crippen LogP contribution >= 0.6 is 11.6 Å². The van der Waals surface area contributed by atoms with E-state index >= 15 is 0 Å². The molecule has 0 aliphatic carbocycles. The van der Waals surface area contributed by atoms with Gasteiger partial charge in [-0.05, 0) is 37.3 Å². The summed E-state index contributed by atoms with van der Waals surface area (Å²) < 4.78 is 0. The van der Waals surface area contributed by atoms with Gasteiger partial charge in [-0.2, -0.15) is 0 Å². The molecule has 1 aliphatic rings. The van der Waals surface area contributed by atoms with Crippen LogP contribution in [0, 0.1) is 0 Å². The van der Waals surface area contributed by atoms with Gasteiger partial charge in [-0.15, -0.1) is 0 Å². The average Bonchev–Trinajstić information content (AvgIpc) is 2.47. The van der Waals surface area contributed by atoms with Gasteiger partial charge in [0.05, 0.1) is 12.0 Å². The molecule has 0 radical (unpaired) electrons. The average molecular weight is 295 g/mol. The van der Waals surface area contributed by atoms with Crippen molar-refractivity contribution in [3.05, 3.63) is 34.9 Å². The largest absolute Gasteiger partial charge is 0.393 e. The molecule has 1 amide bonds. The summed E-state index contributed by atoms with van der Waals surface area (Å²) in [4.78, 5) is 17.8. The number of aliphatic imine (C=N–C) groups is 1. The predicted octanol–water partition coefficient (Wildman–Crippen LogP) is 2.11. The van der Waals surface area contributed by atoms with Crippen LogP contribution in [-0.2, 0) is 4.79 Å². The molecule has 1 aromatic rings. The molecule has 0 saturated carbocycles. The number of nitrogens with zero attached hydrogens (tertiary/aromatic N) is 2. The monoisotopic (exact) mass is 294 g/mol. The van der Waals surface area contributed by atoms with Gasteiger partial charge < -0.3 is 10.0 Å². The molecule has 108 valence electrons. The lowest BCUT2D eigenvalue weighted by Crippen LogP contribution is -2.39. The van der Waals surface area contributed by atoms with Crippen LogP contribution in [0.4, 0.5) is 0 Å². The minimum Gasteiger partial charge on any atom is -0.393 e. The second-order valence-electron chi connectivity index (χ2n) is 5.13. The quantitative estimate of drug-likeness (QED) is 0.865. The highest BCUT2D eigenvalue weighted by Gasteiger charge is 2.25. The number of piperidine rings is 1. The third-order valence-corrected chi connectivity index (χ3v) is 3.98. The minimum absolute atomic E-state index is 0.214.